The summed E-state index contributed by atoms with van der Waals surface area (Å²) in [5, 5.41) is 11.7. The van der Waals surface area contributed by atoms with Gasteiger partial charge in [-0.15, -0.1) is 0 Å². The van der Waals surface area contributed by atoms with E-state index in [1.807, 2.05) is 6.92 Å². The molecule has 0 aromatic carbocycles. The van der Waals surface area contributed by atoms with Crippen molar-refractivity contribution in [3.8, 4) is 0 Å². The van der Waals surface area contributed by atoms with Crippen molar-refractivity contribution in [1.29, 1.82) is 0 Å². The maximum Gasteiger partial charge on any atom is 0.305 e. The molecule has 1 heterocycles. The smallest absolute Gasteiger partial charge is 0.305 e. The molecule has 0 aromatic rings. The summed E-state index contributed by atoms with van der Waals surface area (Å²) in [6.45, 7) is 3.21. The first-order chi connectivity index (χ1) is 9.99. The Hall–Kier alpha value is -1.59. The number of carboxylic acid groups (broad SMARTS) is 1. The molecule has 2 fully saturated rings. The number of hydrogen-bond acceptors (Lipinski definition) is 3. The van der Waals surface area contributed by atoms with Gasteiger partial charge in [-0.2, -0.15) is 0 Å². The molecule has 2 unspecified atom stereocenters. The lowest BCUT2D eigenvalue weighted by Crippen LogP contribution is -2.41. The van der Waals surface area contributed by atoms with Crippen molar-refractivity contribution in [3.05, 3.63) is 0 Å². The van der Waals surface area contributed by atoms with Gasteiger partial charge in [0.1, 0.15) is 0 Å². The summed E-state index contributed by atoms with van der Waals surface area (Å²) >= 11 is 0. The van der Waals surface area contributed by atoms with E-state index in [4.69, 9.17) is 5.11 Å². The van der Waals surface area contributed by atoms with E-state index in [9.17, 15) is 14.4 Å². The Balaban J connectivity index is 1.84. The predicted molar refractivity (Wildman–Crippen MR) is 76.5 cm³/mol. The molecule has 6 heteroatoms. The van der Waals surface area contributed by atoms with Crippen LogP contribution in [0.3, 0.4) is 0 Å². The van der Waals surface area contributed by atoms with E-state index in [0.29, 0.717) is 18.9 Å². The lowest BCUT2D eigenvalue weighted by atomic mass is 10.0. The monoisotopic (exact) mass is 296 g/mol. The van der Waals surface area contributed by atoms with Gasteiger partial charge in [-0.1, -0.05) is 13.3 Å². The van der Waals surface area contributed by atoms with Gasteiger partial charge in [-0.3, -0.25) is 14.4 Å². The molecule has 2 amide bonds. The molecular formula is C15H24N2O4. The second-order valence-electron chi connectivity index (χ2n) is 6.24. The number of aliphatic carboxylic acids is 1. The van der Waals surface area contributed by atoms with Gasteiger partial charge < -0.3 is 15.3 Å². The molecule has 1 aliphatic heterocycles. The number of amides is 2. The molecule has 0 bridgehead atoms. The van der Waals surface area contributed by atoms with E-state index in [1.165, 1.54) is 12.8 Å². The minimum absolute atomic E-state index is 0.0485. The summed E-state index contributed by atoms with van der Waals surface area (Å²) in [6.07, 6.45) is 4.01. The number of likely N-dealkylation sites (tertiary alicyclic amines) is 1. The van der Waals surface area contributed by atoms with Crippen molar-refractivity contribution in [2.75, 3.05) is 13.1 Å². The Bertz CT molecular complexity index is 420. The zero-order chi connectivity index (χ0) is 15.4. The molecule has 2 aliphatic rings. The molecule has 1 aliphatic carbocycles. The largest absolute Gasteiger partial charge is 0.481 e. The Kier molecular flexibility index (Phi) is 5.20. The second kappa shape index (κ2) is 6.91. The van der Waals surface area contributed by atoms with Crippen LogP contribution >= 0.6 is 0 Å². The summed E-state index contributed by atoms with van der Waals surface area (Å²) < 4.78 is 0. The van der Waals surface area contributed by atoms with Crippen LogP contribution in [0.5, 0.6) is 0 Å². The lowest BCUT2D eigenvalue weighted by Gasteiger charge is -2.19. The fraction of sp³-hybridized carbons (Fsp3) is 0.800. The first kappa shape index (κ1) is 15.8. The van der Waals surface area contributed by atoms with Crippen molar-refractivity contribution in [2.45, 2.75) is 51.5 Å². The molecular weight excluding hydrogens is 272 g/mol. The molecule has 0 radical (unpaired) electrons. The van der Waals surface area contributed by atoms with Crippen LogP contribution in [-0.4, -0.2) is 46.9 Å². The van der Waals surface area contributed by atoms with Crippen molar-refractivity contribution in [1.82, 2.24) is 10.2 Å². The second-order valence-corrected chi connectivity index (χ2v) is 6.24. The molecule has 0 spiro atoms. The highest BCUT2D eigenvalue weighted by Crippen LogP contribution is 2.32. The first-order valence-corrected chi connectivity index (χ1v) is 7.79. The van der Waals surface area contributed by atoms with Gasteiger partial charge in [0.25, 0.3) is 0 Å². The minimum atomic E-state index is -0.911. The van der Waals surface area contributed by atoms with Crippen LogP contribution in [0.4, 0.5) is 0 Å². The summed E-state index contributed by atoms with van der Waals surface area (Å²) in [7, 11) is 0. The third-order valence-electron chi connectivity index (χ3n) is 4.17. The topological polar surface area (TPSA) is 86.7 Å². The lowest BCUT2D eigenvalue weighted by molar-refractivity contribution is -0.138. The molecule has 1 saturated carbocycles. The van der Waals surface area contributed by atoms with E-state index in [2.05, 4.69) is 5.32 Å². The average molecular weight is 296 g/mol. The molecule has 0 aromatic heterocycles. The van der Waals surface area contributed by atoms with E-state index in [-0.39, 0.29) is 36.6 Å². The number of rotatable bonds is 8. The van der Waals surface area contributed by atoms with Gasteiger partial charge in [0.2, 0.25) is 11.8 Å². The maximum atomic E-state index is 12.2. The molecule has 2 rings (SSSR count). The first-order valence-electron chi connectivity index (χ1n) is 7.79. The number of hydrogen-bond donors (Lipinski definition) is 2. The standard InChI is InChI=1S/C15H24N2O4/c1-2-3-12(7-14(19)20)16-15(21)11-6-13(18)17(9-11)8-10-4-5-10/h10-12H,2-9H2,1H3,(H,16,21)(H,19,20). The Morgan fingerprint density at radius 2 is 2.14 bits per heavy atom. The Morgan fingerprint density at radius 3 is 2.71 bits per heavy atom. The predicted octanol–water partition coefficient (Wildman–Crippen LogP) is 1.00. The van der Waals surface area contributed by atoms with Crippen molar-refractivity contribution in [2.24, 2.45) is 11.8 Å². The molecule has 1 saturated heterocycles. The van der Waals surface area contributed by atoms with Crippen molar-refractivity contribution < 1.29 is 19.5 Å². The van der Waals surface area contributed by atoms with E-state index in [1.54, 1.807) is 4.90 Å². The van der Waals surface area contributed by atoms with Crippen LogP contribution < -0.4 is 5.32 Å². The number of carboxylic acids is 1. The van der Waals surface area contributed by atoms with Gasteiger partial charge in [-0.25, -0.2) is 0 Å². The summed E-state index contributed by atoms with van der Waals surface area (Å²) in [4.78, 5) is 36.7. The van der Waals surface area contributed by atoms with Crippen LogP contribution in [-0.2, 0) is 14.4 Å². The summed E-state index contributed by atoms with van der Waals surface area (Å²) in [5.41, 5.74) is 0. The van der Waals surface area contributed by atoms with Crippen LogP contribution in [0.1, 0.15) is 45.4 Å². The zero-order valence-corrected chi connectivity index (χ0v) is 12.5. The van der Waals surface area contributed by atoms with Gasteiger partial charge in [0.05, 0.1) is 12.3 Å². The normalized spacial score (nSPS) is 23.2. The summed E-state index contributed by atoms with van der Waals surface area (Å²) in [6, 6.07) is -0.340. The highest BCUT2D eigenvalue weighted by molar-refractivity contribution is 5.89. The average Bonchev–Trinajstić information content (AvgIpc) is 3.12. The van der Waals surface area contributed by atoms with Gasteiger partial charge in [0.15, 0.2) is 0 Å². The number of nitrogens with one attached hydrogen (secondary N) is 1. The van der Waals surface area contributed by atoms with Crippen LogP contribution in [0.2, 0.25) is 0 Å². The number of carbonyl (C=O) groups is 3. The number of nitrogens with zero attached hydrogens (tertiary/aromatic N) is 1. The minimum Gasteiger partial charge on any atom is -0.481 e. The van der Waals surface area contributed by atoms with E-state index < -0.39 is 5.97 Å². The molecule has 21 heavy (non-hydrogen) atoms. The number of carbonyl (C=O) groups excluding carboxylic acids is 2. The highest BCUT2D eigenvalue weighted by atomic mass is 16.4. The molecule has 118 valence electrons. The fourth-order valence-corrected chi connectivity index (χ4v) is 2.84. The Morgan fingerprint density at radius 1 is 1.43 bits per heavy atom. The van der Waals surface area contributed by atoms with Gasteiger partial charge in [0, 0.05) is 25.6 Å². The molecule has 2 atom stereocenters. The molecule has 2 N–H and O–H groups in total. The third kappa shape index (κ3) is 4.72. The quantitative estimate of drug-likeness (QED) is 0.699. The van der Waals surface area contributed by atoms with Crippen LogP contribution in [0.15, 0.2) is 0 Å². The van der Waals surface area contributed by atoms with Crippen LogP contribution in [0, 0.1) is 11.8 Å². The van der Waals surface area contributed by atoms with Crippen molar-refractivity contribution in [3.63, 3.8) is 0 Å². The van der Waals surface area contributed by atoms with Crippen molar-refractivity contribution >= 4 is 17.8 Å². The van der Waals surface area contributed by atoms with E-state index in [0.717, 1.165) is 13.0 Å². The zero-order valence-electron chi connectivity index (χ0n) is 12.5. The van der Waals surface area contributed by atoms with Gasteiger partial charge in [-0.05, 0) is 25.2 Å². The Labute approximate surface area is 124 Å². The van der Waals surface area contributed by atoms with Crippen LogP contribution in [0.25, 0.3) is 0 Å². The fourth-order valence-electron chi connectivity index (χ4n) is 2.84. The van der Waals surface area contributed by atoms with Gasteiger partial charge >= 0.3 is 5.97 Å². The third-order valence-corrected chi connectivity index (χ3v) is 4.17. The van der Waals surface area contributed by atoms with E-state index >= 15 is 0 Å². The SMILES string of the molecule is CCCC(CC(=O)O)NC(=O)C1CC(=O)N(CC2CC2)C1. The summed E-state index contributed by atoms with van der Waals surface area (Å²) in [5.74, 6) is -0.750. The maximum absolute atomic E-state index is 12.2. The highest BCUT2D eigenvalue weighted by Gasteiger charge is 2.37. The molecule has 6 nitrogen and oxygen atoms in total.